The Morgan fingerprint density at radius 3 is 2.44 bits per heavy atom. The smallest absolute Gasteiger partial charge is 0.375 e. The number of benzene rings is 1. The van der Waals surface area contributed by atoms with E-state index in [9.17, 15) is 9.90 Å². The van der Waals surface area contributed by atoms with Crippen LogP contribution in [0.25, 0.3) is 0 Å². The summed E-state index contributed by atoms with van der Waals surface area (Å²) in [5.41, 5.74) is 0.379. The van der Waals surface area contributed by atoms with E-state index in [2.05, 4.69) is 0 Å². The molecule has 0 amide bonds. The van der Waals surface area contributed by atoms with Gasteiger partial charge in [-0.2, -0.15) is 0 Å². The highest BCUT2D eigenvalue weighted by molar-refractivity contribution is 5.85. The fraction of sp³-hybridized carbons (Fsp3) is 0.308. The van der Waals surface area contributed by atoms with Crippen LogP contribution in [0.15, 0.2) is 24.2 Å². The zero-order chi connectivity index (χ0) is 13.5. The number of hydrogen-bond acceptors (Lipinski definition) is 4. The largest absolute Gasteiger partial charge is 0.508 e. The standard InChI is InChI=1S/C13H14O5/c1-13(2,3)7-4-10-9(5-8(7)14)17-6-11(18-10)12(15)16/h4-6,14H,1-3H3,(H,15,16). The number of carbonyl (C=O) groups is 1. The summed E-state index contributed by atoms with van der Waals surface area (Å²) in [5.74, 6) is -0.806. The highest BCUT2D eigenvalue weighted by Gasteiger charge is 2.25. The minimum absolute atomic E-state index is 0.0945. The zero-order valence-electron chi connectivity index (χ0n) is 10.4. The maximum absolute atomic E-state index is 10.8. The molecule has 0 unspecified atom stereocenters. The Morgan fingerprint density at radius 1 is 1.22 bits per heavy atom. The van der Waals surface area contributed by atoms with E-state index in [0.717, 1.165) is 6.26 Å². The zero-order valence-corrected chi connectivity index (χ0v) is 10.4. The van der Waals surface area contributed by atoms with E-state index in [-0.39, 0.29) is 22.7 Å². The third kappa shape index (κ3) is 2.11. The minimum atomic E-state index is -1.20. The van der Waals surface area contributed by atoms with Crippen LogP contribution >= 0.6 is 0 Å². The maximum Gasteiger partial charge on any atom is 0.375 e. The first-order valence-corrected chi connectivity index (χ1v) is 5.44. The van der Waals surface area contributed by atoms with Crippen LogP contribution < -0.4 is 9.47 Å². The summed E-state index contributed by atoms with van der Waals surface area (Å²) in [5, 5.41) is 18.7. The third-order valence-corrected chi connectivity index (χ3v) is 2.59. The number of carboxylic acids is 1. The molecule has 18 heavy (non-hydrogen) atoms. The number of fused-ring (bicyclic) bond motifs is 1. The maximum atomic E-state index is 10.8. The van der Waals surface area contributed by atoms with Gasteiger partial charge in [-0.15, -0.1) is 0 Å². The van der Waals surface area contributed by atoms with Crippen LogP contribution in [0.3, 0.4) is 0 Å². The van der Waals surface area contributed by atoms with Gasteiger partial charge in [0.05, 0.1) is 0 Å². The molecular formula is C13H14O5. The first-order chi connectivity index (χ1) is 8.29. The van der Waals surface area contributed by atoms with Crippen LogP contribution in [0.2, 0.25) is 0 Å². The van der Waals surface area contributed by atoms with Crippen LogP contribution in [0.5, 0.6) is 17.2 Å². The molecule has 0 aliphatic carbocycles. The molecule has 0 aromatic heterocycles. The highest BCUT2D eigenvalue weighted by atomic mass is 16.6. The number of carboxylic acid groups (broad SMARTS) is 1. The summed E-state index contributed by atoms with van der Waals surface area (Å²) in [4.78, 5) is 10.8. The Morgan fingerprint density at radius 2 is 1.89 bits per heavy atom. The molecule has 0 saturated heterocycles. The van der Waals surface area contributed by atoms with E-state index in [1.807, 2.05) is 20.8 Å². The average molecular weight is 250 g/mol. The Hall–Kier alpha value is -2.17. The molecule has 1 heterocycles. The summed E-state index contributed by atoms with van der Waals surface area (Å²) < 4.78 is 10.3. The van der Waals surface area contributed by atoms with Gasteiger partial charge in [0.15, 0.2) is 11.5 Å². The Bertz CT molecular complexity index is 537. The van der Waals surface area contributed by atoms with Gasteiger partial charge in [0.25, 0.3) is 0 Å². The van der Waals surface area contributed by atoms with Crippen molar-refractivity contribution in [3.8, 4) is 17.2 Å². The molecule has 5 nitrogen and oxygen atoms in total. The summed E-state index contributed by atoms with van der Waals surface area (Å²) >= 11 is 0. The van der Waals surface area contributed by atoms with E-state index in [1.165, 1.54) is 6.07 Å². The topological polar surface area (TPSA) is 76.0 Å². The Balaban J connectivity index is 2.46. The molecule has 0 radical (unpaired) electrons. The van der Waals surface area contributed by atoms with Crippen LogP contribution in [-0.2, 0) is 10.2 Å². The summed E-state index contributed by atoms with van der Waals surface area (Å²) in [6.07, 6.45) is 1.00. The summed E-state index contributed by atoms with van der Waals surface area (Å²) in [6.45, 7) is 5.81. The molecule has 5 heteroatoms. The van der Waals surface area contributed by atoms with E-state index in [0.29, 0.717) is 11.3 Å². The van der Waals surface area contributed by atoms with Gasteiger partial charge in [-0.1, -0.05) is 20.8 Å². The number of phenolic OH excluding ortho intramolecular Hbond substituents is 1. The van der Waals surface area contributed by atoms with Crippen LogP contribution in [0.4, 0.5) is 0 Å². The van der Waals surface area contributed by atoms with Crippen LogP contribution in [0, 0.1) is 0 Å². The molecule has 0 spiro atoms. The number of aromatic hydroxyl groups is 1. The molecule has 2 N–H and O–H groups in total. The summed E-state index contributed by atoms with van der Waals surface area (Å²) in [7, 11) is 0. The van der Waals surface area contributed by atoms with Crippen molar-refractivity contribution in [1.82, 2.24) is 0 Å². The normalized spacial score (nSPS) is 14.1. The molecule has 96 valence electrons. The number of rotatable bonds is 1. The molecular weight excluding hydrogens is 236 g/mol. The van der Waals surface area contributed by atoms with Crippen molar-refractivity contribution in [2.45, 2.75) is 26.2 Å². The van der Waals surface area contributed by atoms with Crippen LogP contribution in [0.1, 0.15) is 26.3 Å². The van der Waals surface area contributed by atoms with Crippen molar-refractivity contribution in [3.63, 3.8) is 0 Å². The molecule has 2 rings (SSSR count). The molecule has 1 aromatic rings. The van der Waals surface area contributed by atoms with Gasteiger partial charge >= 0.3 is 5.97 Å². The molecule has 0 bridgehead atoms. The van der Waals surface area contributed by atoms with E-state index >= 15 is 0 Å². The van der Waals surface area contributed by atoms with Gasteiger partial charge in [0, 0.05) is 11.6 Å². The SMILES string of the molecule is CC(C)(C)c1cc2c(cc1O)OC=C(C(=O)O)O2. The highest BCUT2D eigenvalue weighted by Crippen LogP contribution is 2.42. The number of hydrogen-bond donors (Lipinski definition) is 2. The van der Waals surface area contributed by atoms with Crippen LogP contribution in [-0.4, -0.2) is 16.2 Å². The lowest BCUT2D eigenvalue weighted by molar-refractivity contribution is -0.135. The van der Waals surface area contributed by atoms with Gasteiger partial charge in [-0.25, -0.2) is 4.79 Å². The predicted octanol–water partition coefficient (Wildman–Crippen LogP) is 2.39. The lowest BCUT2D eigenvalue weighted by Gasteiger charge is -2.23. The van der Waals surface area contributed by atoms with Crippen molar-refractivity contribution in [2.24, 2.45) is 0 Å². The van der Waals surface area contributed by atoms with Crippen molar-refractivity contribution in [2.75, 3.05) is 0 Å². The Labute approximate surface area is 104 Å². The Kier molecular flexibility index (Phi) is 2.69. The van der Waals surface area contributed by atoms with E-state index in [1.54, 1.807) is 6.07 Å². The second-order valence-electron chi connectivity index (χ2n) is 5.07. The van der Waals surface area contributed by atoms with E-state index < -0.39 is 5.97 Å². The number of phenols is 1. The molecule has 0 fully saturated rings. The quantitative estimate of drug-likeness (QED) is 0.800. The van der Waals surface area contributed by atoms with E-state index in [4.69, 9.17) is 14.6 Å². The van der Waals surface area contributed by atoms with Gasteiger partial charge in [-0.3, -0.25) is 0 Å². The molecule has 1 aromatic carbocycles. The first-order valence-electron chi connectivity index (χ1n) is 5.44. The van der Waals surface area contributed by atoms with Gasteiger partial charge in [0.2, 0.25) is 5.76 Å². The number of aliphatic carboxylic acids is 1. The van der Waals surface area contributed by atoms with Gasteiger partial charge in [0.1, 0.15) is 12.0 Å². The second kappa shape index (κ2) is 3.94. The first kappa shape index (κ1) is 12.3. The van der Waals surface area contributed by atoms with Gasteiger partial charge in [-0.05, 0) is 11.5 Å². The summed E-state index contributed by atoms with van der Waals surface area (Å²) in [6, 6.07) is 3.02. The van der Waals surface area contributed by atoms with Crippen molar-refractivity contribution >= 4 is 5.97 Å². The minimum Gasteiger partial charge on any atom is -0.508 e. The fourth-order valence-corrected chi connectivity index (χ4v) is 1.68. The molecule has 1 aliphatic rings. The lowest BCUT2D eigenvalue weighted by Crippen LogP contribution is -2.16. The molecule has 1 aliphatic heterocycles. The fourth-order valence-electron chi connectivity index (χ4n) is 1.68. The molecule has 0 atom stereocenters. The van der Waals surface area contributed by atoms with Crippen molar-refractivity contribution < 1.29 is 24.5 Å². The molecule has 0 saturated carbocycles. The monoisotopic (exact) mass is 250 g/mol. The third-order valence-electron chi connectivity index (χ3n) is 2.59. The van der Waals surface area contributed by atoms with Crippen molar-refractivity contribution in [1.29, 1.82) is 0 Å². The second-order valence-corrected chi connectivity index (χ2v) is 5.07. The predicted molar refractivity (Wildman–Crippen MR) is 63.8 cm³/mol. The lowest BCUT2D eigenvalue weighted by atomic mass is 9.86. The van der Waals surface area contributed by atoms with Crippen molar-refractivity contribution in [3.05, 3.63) is 29.7 Å². The number of ether oxygens (including phenoxy) is 2. The average Bonchev–Trinajstić information content (AvgIpc) is 2.25. The van der Waals surface area contributed by atoms with Gasteiger partial charge < -0.3 is 19.7 Å².